The predicted molar refractivity (Wildman–Crippen MR) is 147 cm³/mol. The maximum atomic E-state index is 12.8. The number of piperidine rings is 2. The third-order valence-electron chi connectivity index (χ3n) is 6.82. The average Bonchev–Trinajstić information content (AvgIpc) is 2.87. The third kappa shape index (κ3) is 6.19. The first kappa shape index (κ1) is 25.4. The number of likely N-dealkylation sites (tertiary alicyclic amines) is 1. The molecule has 1 amide bonds. The molecule has 2 aliphatic rings. The van der Waals surface area contributed by atoms with Gasteiger partial charge in [-0.25, -0.2) is 0 Å². The summed E-state index contributed by atoms with van der Waals surface area (Å²) >= 11 is 7.06. The quantitative estimate of drug-likeness (QED) is 0.411. The van der Waals surface area contributed by atoms with Gasteiger partial charge in [0, 0.05) is 36.2 Å². The minimum absolute atomic E-state index is 0.0460. The van der Waals surface area contributed by atoms with Crippen LogP contribution in [0.3, 0.4) is 0 Å². The van der Waals surface area contributed by atoms with E-state index in [9.17, 15) is 9.59 Å². The van der Waals surface area contributed by atoms with E-state index in [1.54, 1.807) is 18.2 Å². The van der Waals surface area contributed by atoms with Gasteiger partial charge < -0.3 is 19.8 Å². The highest BCUT2D eigenvalue weighted by atomic mass is 79.9. The SMILES string of the molecule is O=C(NC1CCN(Cc2ccc(OC3CCNCC3)c(Br)c2)CC1)c1cc(=O)c2ccc(Br)cc2o1. The molecule has 0 aliphatic carbocycles. The molecule has 0 atom stereocenters. The van der Waals surface area contributed by atoms with E-state index in [1.165, 1.54) is 11.6 Å². The number of nitrogens with one attached hydrogen (secondary N) is 2. The number of carbonyl (C=O) groups excluding carboxylic acids is 1. The van der Waals surface area contributed by atoms with Gasteiger partial charge in [0.25, 0.3) is 5.91 Å². The largest absolute Gasteiger partial charge is 0.489 e. The normalized spacial score (nSPS) is 17.8. The number of nitrogens with zero attached hydrogens (tertiary/aromatic N) is 1. The number of ether oxygens (including phenoxy) is 1. The van der Waals surface area contributed by atoms with Gasteiger partial charge in [0.2, 0.25) is 0 Å². The van der Waals surface area contributed by atoms with Crippen LogP contribution >= 0.6 is 31.9 Å². The van der Waals surface area contributed by atoms with Crippen LogP contribution in [0.1, 0.15) is 41.8 Å². The van der Waals surface area contributed by atoms with Crippen LogP contribution in [0.4, 0.5) is 0 Å². The molecule has 2 aromatic carbocycles. The second-order valence-corrected chi connectivity index (χ2v) is 11.2. The van der Waals surface area contributed by atoms with E-state index in [4.69, 9.17) is 9.15 Å². The zero-order chi connectivity index (χ0) is 25.1. The first-order chi connectivity index (χ1) is 17.4. The van der Waals surface area contributed by atoms with Gasteiger partial charge in [-0.3, -0.25) is 14.5 Å². The molecule has 0 unspecified atom stereocenters. The molecule has 2 aliphatic heterocycles. The lowest BCUT2D eigenvalue weighted by molar-refractivity contribution is 0.0881. The molecule has 2 N–H and O–H groups in total. The molecule has 0 saturated carbocycles. The number of benzene rings is 2. The monoisotopic (exact) mass is 617 g/mol. The molecule has 36 heavy (non-hydrogen) atoms. The highest BCUT2D eigenvalue weighted by molar-refractivity contribution is 9.10. The minimum atomic E-state index is -0.347. The number of amides is 1. The van der Waals surface area contributed by atoms with Crippen molar-refractivity contribution in [2.24, 2.45) is 0 Å². The molecule has 7 nitrogen and oxygen atoms in total. The summed E-state index contributed by atoms with van der Waals surface area (Å²) in [6.45, 7) is 4.62. The molecule has 2 saturated heterocycles. The molecule has 3 aromatic rings. The van der Waals surface area contributed by atoms with Crippen molar-refractivity contribution in [2.75, 3.05) is 26.2 Å². The molecular formula is C27H29Br2N3O4. The zero-order valence-corrected chi connectivity index (χ0v) is 23.1. The van der Waals surface area contributed by atoms with Crippen LogP contribution in [-0.4, -0.2) is 49.1 Å². The topological polar surface area (TPSA) is 83.8 Å². The van der Waals surface area contributed by atoms with Crippen molar-refractivity contribution in [3.8, 4) is 5.75 Å². The van der Waals surface area contributed by atoms with Gasteiger partial charge in [-0.15, -0.1) is 0 Å². The van der Waals surface area contributed by atoms with Crippen molar-refractivity contribution >= 4 is 48.7 Å². The molecule has 2 fully saturated rings. The van der Waals surface area contributed by atoms with Crippen LogP contribution < -0.4 is 20.8 Å². The Morgan fingerprint density at radius 3 is 2.58 bits per heavy atom. The Morgan fingerprint density at radius 2 is 1.83 bits per heavy atom. The molecule has 5 rings (SSSR count). The molecule has 0 spiro atoms. The molecule has 1 aromatic heterocycles. The molecule has 3 heterocycles. The maximum absolute atomic E-state index is 12.8. The first-order valence-electron chi connectivity index (χ1n) is 12.4. The summed E-state index contributed by atoms with van der Waals surface area (Å²) in [6.07, 6.45) is 4.02. The van der Waals surface area contributed by atoms with Gasteiger partial charge in [0.1, 0.15) is 17.4 Å². The average molecular weight is 619 g/mol. The Morgan fingerprint density at radius 1 is 1.06 bits per heavy atom. The lowest BCUT2D eigenvalue weighted by Gasteiger charge is -2.32. The number of carbonyl (C=O) groups is 1. The molecule has 9 heteroatoms. The fraction of sp³-hybridized carbons (Fsp3) is 0.407. The predicted octanol–water partition coefficient (Wildman–Crippen LogP) is 4.84. The van der Waals surface area contributed by atoms with Crippen LogP contribution in [0.25, 0.3) is 11.0 Å². The number of rotatable bonds is 6. The lowest BCUT2D eigenvalue weighted by atomic mass is 10.0. The van der Waals surface area contributed by atoms with Crippen molar-refractivity contribution in [1.29, 1.82) is 0 Å². The van der Waals surface area contributed by atoms with Gasteiger partial charge in [-0.2, -0.15) is 0 Å². The van der Waals surface area contributed by atoms with E-state index in [2.05, 4.69) is 65.6 Å². The number of hydrogen-bond donors (Lipinski definition) is 2. The van der Waals surface area contributed by atoms with Crippen molar-refractivity contribution < 1.29 is 13.9 Å². The van der Waals surface area contributed by atoms with E-state index < -0.39 is 0 Å². The van der Waals surface area contributed by atoms with Crippen LogP contribution in [-0.2, 0) is 6.54 Å². The number of halogens is 2. The fourth-order valence-electron chi connectivity index (χ4n) is 4.82. The van der Waals surface area contributed by atoms with Crippen LogP contribution in [0.2, 0.25) is 0 Å². The van der Waals surface area contributed by atoms with E-state index >= 15 is 0 Å². The summed E-state index contributed by atoms with van der Waals surface area (Å²) in [7, 11) is 0. The van der Waals surface area contributed by atoms with Crippen LogP contribution in [0.15, 0.2) is 60.6 Å². The van der Waals surface area contributed by atoms with E-state index in [0.29, 0.717) is 11.0 Å². The molecular weight excluding hydrogens is 590 g/mol. The summed E-state index contributed by atoms with van der Waals surface area (Å²) in [4.78, 5) is 27.6. The third-order valence-corrected chi connectivity index (χ3v) is 7.93. The smallest absolute Gasteiger partial charge is 0.287 e. The van der Waals surface area contributed by atoms with Crippen molar-refractivity contribution in [3.05, 3.63) is 73.0 Å². The lowest BCUT2D eigenvalue weighted by Crippen LogP contribution is -2.44. The second-order valence-electron chi connectivity index (χ2n) is 9.47. The van der Waals surface area contributed by atoms with E-state index in [1.807, 2.05) is 0 Å². The Bertz CT molecular complexity index is 1300. The van der Waals surface area contributed by atoms with Gasteiger partial charge in [-0.1, -0.05) is 22.0 Å². The van der Waals surface area contributed by atoms with Gasteiger partial charge >= 0.3 is 0 Å². The first-order valence-corrected chi connectivity index (χ1v) is 14.0. The zero-order valence-electron chi connectivity index (χ0n) is 19.9. The molecule has 0 bridgehead atoms. The summed E-state index contributed by atoms with van der Waals surface area (Å²) < 4.78 is 13.7. The minimum Gasteiger partial charge on any atom is -0.489 e. The Kier molecular flexibility index (Phi) is 8.10. The highest BCUT2D eigenvalue weighted by Gasteiger charge is 2.23. The van der Waals surface area contributed by atoms with Crippen LogP contribution in [0, 0.1) is 0 Å². The summed E-state index contributed by atoms with van der Waals surface area (Å²) in [6, 6.07) is 12.8. The van der Waals surface area contributed by atoms with E-state index in [-0.39, 0.29) is 29.2 Å². The molecule has 190 valence electrons. The van der Waals surface area contributed by atoms with Crippen molar-refractivity contribution in [3.63, 3.8) is 0 Å². The standard InChI is InChI=1S/C27H29Br2N3O4/c28-18-2-3-21-23(33)15-26(36-25(21)14-18)27(34)31-19-7-11-32(12-8-19)16-17-1-4-24(22(29)13-17)35-20-5-9-30-10-6-20/h1-4,13-15,19-20,30H,5-12,16H2,(H,31,34). The molecule has 0 radical (unpaired) electrons. The Hall–Kier alpha value is -2.20. The van der Waals surface area contributed by atoms with Gasteiger partial charge in [0.15, 0.2) is 11.2 Å². The number of fused-ring (bicyclic) bond motifs is 1. The maximum Gasteiger partial charge on any atom is 0.287 e. The summed E-state index contributed by atoms with van der Waals surface area (Å²) in [5.41, 5.74) is 1.41. The van der Waals surface area contributed by atoms with Gasteiger partial charge in [0.05, 0.1) is 9.86 Å². The van der Waals surface area contributed by atoms with Crippen molar-refractivity contribution in [1.82, 2.24) is 15.5 Å². The van der Waals surface area contributed by atoms with Crippen molar-refractivity contribution in [2.45, 2.75) is 44.4 Å². The van der Waals surface area contributed by atoms with Crippen LogP contribution in [0.5, 0.6) is 5.75 Å². The highest BCUT2D eigenvalue weighted by Crippen LogP contribution is 2.29. The Labute approximate surface area is 226 Å². The summed E-state index contributed by atoms with van der Waals surface area (Å²) in [5.74, 6) is 0.602. The fourth-order valence-corrected chi connectivity index (χ4v) is 5.68. The Balaban J connectivity index is 1.13. The van der Waals surface area contributed by atoms with Gasteiger partial charge in [-0.05, 0) is 90.6 Å². The van der Waals surface area contributed by atoms with E-state index in [0.717, 1.165) is 73.1 Å². The second kappa shape index (κ2) is 11.5. The number of hydrogen-bond acceptors (Lipinski definition) is 6. The summed E-state index contributed by atoms with van der Waals surface area (Å²) in [5, 5.41) is 6.86.